The highest BCUT2D eigenvalue weighted by Crippen LogP contribution is 2.11. The molecule has 1 aromatic carbocycles. The number of nitrogens with zero attached hydrogens (tertiary/aromatic N) is 1. The maximum atomic E-state index is 11.8. The summed E-state index contributed by atoms with van der Waals surface area (Å²) in [6, 6.07) is 9.42. The van der Waals surface area contributed by atoms with Crippen LogP contribution in [-0.2, 0) is 22.5 Å². The van der Waals surface area contributed by atoms with Crippen molar-refractivity contribution in [2.24, 2.45) is 0 Å². The first-order chi connectivity index (χ1) is 10.6. The van der Waals surface area contributed by atoms with Crippen molar-refractivity contribution in [3.8, 4) is 0 Å². The van der Waals surface area contributed by atoms with Crippen molar-refractivity contribution in [3.63, 3.8) is 0 Å². The molecule has 1 aromatic heterocycles. The van der Waals surface area contributed by atoms with Gasteiger partial charge in [0.15, 0.2) is 0 Å². The third kappa shape index (κ3) is 5.80. The van der Waals surface area contributed by atoms with Gasteiger partial charge < -0.3 is 4.98 Å². The molecule has 0 spiro atoms. The molecule has 0 fully saturated rings. The Labute approximate surface area is 135 Å². The Morgan fingerprint density at radius 2 is 2.00 bits per heavy atom. The second kappa shape index (κ2) is 8.33. The first-order valence-electron chi connectivity index (χ1n) is 6.91. The zero-order valence-electron chi connectivity index (χ0n) is 12.4. The van der Waals surface area contributed by atoms with Crippen molar-refractivity contribution >= 4 is 22.0 Å². The molecule has 3 N–H and O–H groups in total. The van der Waals surface area contributed by atoms with Gasteiger partial charge in [-0.05, 0) is 12.5 Å². The van der Waals surface area contributed by atoms with Gasteiger partial charge in [0, 0.05) is 30.3 Å². The number of aromatic amines is 1. The van der Waals surface area contributed by atoms with Gasteiger partial charge in [0.25, 0.3) is 10.2 Å². The minimum Gasteiger partial charge on any atom is -0.348 e. The first-order valence-corrected chi connectivity index (χ1v) is 9.55. The van der Waals surface area contributed by atoms with Crippen LogP contribution in [0.4, 0.5) is 0 Å². The van der Waals surface area contributed by atoms with Crippen LogP contribution in [0.2, 0.25) is 0 Å². The van der Waals surface area contributed by atoms with E-state index in [0.29, 0.717) is 12.3 Å². The van der Waals surface area contributed by atoms with Gasteiger partial charge >= 0.3 is 0 Å². The number of imidazole rings is 1. The van der Waals surface area contributed by atoms with E-state index in [-0.39, 0.29) is 6.54 Å². The summed E-state index contributed by atoms with van der Waals surface area (Å²) in [7, 11) is -3.46. The van der Waals surface area contributed by atoms with E-state index in [2.05, 4.69) is 19.4 Å². The van der Waals surface area contributed by atoms with Crippen molar-refractivity contribution in [1.82, 2.24) is 19.4 Å². The summed E-state index contributed by atoms with van der Waals surface area (Å²) in [5, 5.41) is 0. The molecule has 0 amide bonds. The lowest BCUT2D eigenvalue weighted by Gasteiger charge is -2.08. The van der Waals surface area contributed by atoms with Gasteiger partial charge in [-0.25, -0.2) is 9.71 Å². The maximum absolute atomic E-state index is 11.8. The summed E-state index contributed by atoms with van der Waals surface area (Å²) in [6.45, 7) is 2.65. The number of thioether (sulfide) groups is 1. The summed E-state index contributed by atoms with van der Waals surface area (Å²) >= 11 is 1.64. The molecule has 22 heavy (non-hydrogen) atoms. The summed E-state index contributed by atoms with van der Waals surface area (Å²) < 4.78 is 28.7. The molecule has 0 atom stereocenters. The van der Waals surface area contributed by atoms with E-state index < -0.39 is 10.2 Å². The highest BCUT2D eigenvalue weighted by Gasteiger charge is 2.08. The minimum absolute atomic E-state index is 0.287. The molecule has 0 unspecified atom stereocenters. The van der Waals surface area contributed by atoms with Crippen molar-refractivity contribution in [2.75, 3.05) is 12.3 Å². The maximum Gasteiger partial charge on any atom is 0.277 e. The lowest BCUT2D eigenvalue weighted by molar-refractivity contribution is 0.569. The second-order valence-corrected chi connectivity index (χ2v) is 7.42. The van der Waals surface area contributed by atoms with Crippen LogP contribution in [-0.4, -0.2) is 30.7 Å². The van der Waals surface area contributed by atoms with Crippen LogP contribution < -0.4 is 9.44 Å². The molecule has 2 rings (SSSR count). The normalized spacial score (nSPS) is 11.7. The Kier molecular flexibility index (Phi) is 6.44. The number of benzene rings is 1. The van der Waals surface area contributed by atoms with E-state index in [1.54, 1.807) is 18.1 Å². The van der Waals surface area contributed by atoms with Crippen molar-refractivity contribution in [1.29, 1.82) is 0 Å². The van der Waals surface area contributed by atoms with E-state index in [4.69, 9.17) is 0 Å². The molecule has 0 saturated carbocycles. The molecule has 0 radical (unpaired) electrons. The number of H-pyrrole nitrogens is 1. The lowest BCUT2D eigenvalue weighted by Crippen LogP contribution is -2.37. The van der Waals surface area contributed by atoms with Crippen LogP contribution in [0.3, 0.4) is 0 Å². The number of aromatic nitrogens is 2. The fraction of sp³-hybridized carbons (Fsp3) is 0.357. The van der Waals surface area contributed by atoms with Gasteiger partial charge in [-0.1, -0.05) is 30.3 Å². The third-order valence-corrected chi connectivity index (χ3v) is 5.10. The average molecular weight is 340 g/mol. The van der Waals surface area contributed by atoms with E-state index in [0.717, 1.165) is 22.7 Å². The molecule has 0 aliphatic rings. The number of hydrogen-bond donors (Lipinski definition) is 3. The third-order valence-electron chi connectivity index (χ3n) is 3.02. The molecule has 6 nitrogen and oxygen atoms in total. The predicted octanol–water partition coefficient (Wildman–Crippen LogP) is 1.58. The summed E-state index contributed by atoms with van der Waals surface area (Å²) in [4.78, 5) is 7.22. The number of rotatable bonds is 9. The molecule has 0 aliphatic carbocycles. The Morgan fingerprint density at radius 1 is 1.23 bits per heavy atom. The van der Waals surface area contributed by atoms with Gasteiger partial charge in [0.05, 0.1) is 12.0 Å². The van der Waals surface area contributed by atoms with E-state index in [1.807, 2.05) is 37.3 Å². The van der Waals surface area contributed by atoms with Crippen LogP contribution in [0, 0.1) is 6.92 Å². The van der Waals surface area contributed by atoms with Crippen molar-refractivity contribution in [2.45, 2.75) is 19.2 Å². The van der Waals surface area contributed by atoms with Gasteiger partial charge in [-0.15, -0.1) is 0 Å². The molecular formula is C14H20N4O2S2. The Morgan fingerprint density at radius 3 is 2.68 bits per heavy atom. The van der Waals surface area contributed by atoms with Gasteiger partial charge in [0.1, 0.15) is 0 Å². The summed E-state index contributed by atoms with van der Waals surface area (Å²) in [6.07, 6.45) is 1.67. The SMILES string of the molecule is Cc1[nH]cnc1CSCCNS(=O)(=O)NCc1ccccc1. The Bertz CT molecular complexity index is 671. The molecule has 120 valence electrons. The van der Waals surface area contributed by atoms with Gasteiger partial charge in [-0.3, -0.25) is 0 Å². The van der Waals surface area contributed by atoms with Crippen LogP contribution in [0.25, 0.3) is 0 Å². The van der Waals surface area contributed by atoms with E-state index in [9.17, 15) is 8.42 Å². The predicted molar refractivity (Wildman–Crippen MR) is 89.7 cm³/mol. The summed E-state index contributed by atoms with van der Waals surface area (Å²) in [5.74, 6) is 1.47. The molecular weight excluding hydrogens is 320 g/mol. The molecule has 2 aromatic rings. The molecule has 0 saturated heterocycles. The molecule has 1 heterocycles. The topological polar surface area (TPSA) is 86.9 Å². The Hall–Kier alpha value is -1.35. The fourth-order valence-corrected chi connectivity index (χ4v) is 3.61. The minimum atomic E-state index is -3.46. The van der Waals surface area contributed by atoms with E-state index in [1.165, 1.54) is 0 Å². The van der Waals surface area contributed by atoms with Crippen LogP contribution >= 0.6 is 11.8 Å². The number of hydrogen-bond acceptors (Lipinski definition) is 4. The van der Waals surface area contributed by atoms with Crippen molar-refractivity contribution < 1.29 is 8.42 Å². The number of nitrogens with one attached hydrogen (secondary N) is 3. The number of aryl methyl sites for hydroxylation is 1. The van der Waals surface area contributed by atoms with Crippen LogP contribution in [0.15, 0.2) is 36.7 Å². The molecule has 8 heteroatoms. The highest BCUT2D eigenvalue weighted by molar-refractivity contribution is 7.98. The van der Waals surface area contributed by atoms with Crippen molar-refractivity contribution in [3.05, 3.63) is 53.6 Å². The zero-order valence-corrected chi connectivity index (χ0v) is 14.0. The molecule has 0 bridgehead atoms. The molecule has 0 aliphatic heterocycles. The standard InChI is InChI=1S/C14H20N4O2S2/c1-12-14(16-11-15-12)10-21-8-7-17-22(19,20)18-9-13-5-3-2-4-6-13/h2-6,11,17-18H,7-10H2,1H3,(H,15,16). The highest BCUT2D eigenvalue weighted by atomic mass is 32.2. The lowest BCUT2D eigenvalue weighted by atomic mass is 10.2. The Balaban J connectivity index is 1.64. The smallest absolute Gasteiger partial charge is 0.277 e. The zero-order chi connectivity index (χ0) is 15.8. The fourth-order valence-electron chi connectivity index (χ4n) is 1.77. The average Bonchev–Trinajstić information content (AvgIpc) is 2.91. The van der Waals surface area contributed by atoms with E-state index >= 15 is 0 Å². The van der Waals surface area contributed by atoms with Crippen LogP contribution in [0.5, 0.6) is 0 Å². The van der Waals surface area contributed by atoms with Gasteiger partial charge in [-0.2, -0.15) is 24.9 Å². The largest absolute Gasteiger partial charge is 0.348 e. The second-order valence-electron chi connectivity index (χ2n) is 4.73. The van der Waals surface area contributed by atoms with Crippen LogP contribution in [0.1, 0.15) is 17.0 Å². The monoisotopic (exact) mass is 340 g/mol. The first kappa shape index (κ1) is 17.0. The van der Waals surface area contributed by atoms with Gasteiger partial charge in [0.2, 0.25) is 0 Å². The summed E-state index contributed by atoms with van der Waals surface area (Å²) in [5.41, 5.74) is 2.99. The quantitative estimate of drug-likeness (QED) is 0.605.